The number of carbonyl (C=O) groups excluding carboxylic acids is 2. The Balaban J connectivity index is 1.39. The van der Waals surface area contributed by atoms with Gasteiger partial charge in [0.05, 0.1) is 23.8 Å². The first-order valence-electron chi connectivity index (χ1n) is 10.9. The van der Waals surface area contributed by atoms with E-state index in [2.05, 4.69) is 4.98 Å². The fraction of sp³-hybridized carbons (Fsp3) is 0.714. The maximum Gasteiger partial charge on any atom is 0.256 e. The summed E-state index contributed by atoms with van der Waals surface area (Å²) in [5, 5.41) is 0. The number of hydrogen-bond donors (Lipinski definition) is 1. The Labute approximate surface area is 169 Å². The van der Waals surface area contributed by atoms with Gasteiger partial charge in [0.2, 0.25) is 5.91 Å². The fourth-order valence-electron chi connectivity index (χ4n) is 4.82. The lowest BCUT2D eigenvalue weighted by Gasteiger charge is -2.37. The van der Waals surface area contributed by atoms with Gasteiger partial charge >= 0.3 is 0 Å². The number of carbonyl (C=O) groups is 2. The van der Waals surface area contributed by atoms with Crippen molar-refractivity contribution in [1.82, 2.24) is 19.8 Å². The number of piperidine rings is 1. The van der Waals surface area contributed by atoms with Crippen LogP contribution in [0.2, 0.25) is 0 Å². The second-order valence-corrected chi connectivity index (χ2v) is 8.71. The maximum absolute atomic E-state index is 13.0. The van der Waals surface area contributed by atoms with E-state index in [1.54, 1.807) is 4.90 Å². The van der Waals surface area contributed by atoms with Gasteiger partial charge in [0.1, 0.15) is 11.9 Å². The largest absolute Gasteiger partial charge is 0.368 e. The minimum atomic E-state index is -0.359. The average molecular weight is 400 g/mol. The van der Waals surface area contributed by atoms with E-state index in [4.69, 9.17) is 9.72 Å². The van der Waals surface area contributed by atoms with Crippen LogP contribution >= 0.6 is 0 Å². The van der Waals surface area contributed by atoms with Gasteiger partial charge in [-0.15, -0.1) is 0 Å². The molecule has 3 fully saturated rings. The number of ether oxygens (including phenoxy) is 1. The van der Waals surface area contributed by atoms with Gasteiger partial charge in [0.25, 0.3) is 11.5 Å². The Hall–Kier alpha value is -2.22. The molecule has 8 nitrogen and oxygen atoms in total. The number of likely N-dealkylation sites (tertiary alicyclic amines) is 1. The van der Waals surface area contributed by atoms with Crippen molar-refractivity contribution in [2.24, 2.45) is 5.92 Å². The van der Waals surface area contributed by atoms with Crippen LogP contribution in [-0.4, -0.2) is 57.4 Å². The van der Waals surface area contributed by atoms with Crippen LogP contribution in [-0.2, 0) is 27.3 Å². The molecular weight excluding hydrogens is 372 g/mol. The van der Waals surface area contributed by atoms with Crippen LogP contribution in [0.3, 0.4) is 0 Å². The van der Waals surface area contributed by atoms with Crippen LogP contribution < -0.4 is 5.56 Å². The number of aromatic nitrogens is 2. The van der Waals surface area contributed by atoms with Gasteiger partial charge in [-0.2, -0.15) is 0 Å². The van der Waals surface area contributed by atoms with E-state index < -0.39 is 0 Å². The van der Waals surface area contributed by atoms with Crippen molar-refractivity contribution < 1.29 is 14.3 Å². The second kappa shape index (κ2) is 7.55. The van der Waals surface area contributed by atoms with Gasteiger partial charge < -0.3 is 19.5 Å². The molecule has 1 saturated carbocycles. The molecule has 5 rings (SSSR count). The molecule has 0 bridgehead atoms. The molecule has 0 spiro atoms. The van der Waals surface area contributed by atoms with Crippen LogP contribution in [0.15, 0.2) is 4.79 Å². The highest BCUT2D eigenvalue weighted by atomic mass is 16.5. The molecule has 2 saturated heterocycles. The lowest BCUT2D eigenvalue weighted by Crippen LogP contribution is -2.45. The highest BCUT2D eigenvalue weighted by molar-refractivity contribution is 5.82. The summed E-state index contributed by atoms with van der Waals surface area (Å²) in [5.74, 6) is 0.928. The van der Waals surface area contributed by atoms with Crippen LogP contribution in [0.25, 0.3) is 0 Å². The molecule has 1 aromatic rings. The summed E-state index contributed by atoms with van der Waals surface area (Å²) in [5.41, 5.74) is 1.20. The Morgan fingerprint density at radius 2 is 1.90 bits per heavy atom. The smallest absolute Gasteiger partial charge is 0.256 e. The first-order chi connectivity index (χ1) is 14.1. The van der Waals surface area contributed by atoms with Gasteiger partial charge in [-0.25, -0.2) is 4.98 Å². The molecule has 8 heteroatoms. The number of aromatic amines is 1. The van der Waals surface area contributed by atoms with E-state index >= 15 is 0 Å². The Morgan fingerprint density at radius 1 is 1.03 bits per heavy atom. The first-order valence-corrected chi connectivity index (χ1v) is 10.9. The number of H-pyrrole nitrogens is 1. The van der Waals surface area contributed by atoms with Gasteiger partial charge in [-0.05, 0) is 44.9 Å². The Kier molecular flexibility index (Phi) is 4.89. The molecule has 0 radical (unpaired) electrons. The molecule has 1 aromatic heterocycles. The van der Waals surface area contributed by atoms with Crippen molar-refractivity contribution >= 4 is 11.8 Å². The summed E-state index contributed by atoms with van der Waals surface area (Å²) in [4.78, 5) is 49.6. The lowest BCUT2D eigenvalue weighted by molar-refractivity contribution is -0.145. The number of fused-ring (bicyclic) bond motifs is 1. The second-order valence-electron chi connectivity index (χ2n) is 8.71. The highest BCUT2D eigenvalue weighted by Crippen LogP contribution is 2.33. The molecular formula is C21H28N4O4. The zero-order valence-electron chi connectivity index (χ0n) is 16.7. The Morgan fingerprint density at radius 3 is 2.66 bits per heavy atom. The van der Waals surface area contributed by atoms with Gasteiger partial charge in [-0.3, -0.25) is 14.4 Å². The number of nitrogens with zero attached hydrogens (tertiary/aromatic N) is 3. The van der Waals surface area contributed by atoms with Crippen molar-refractivity contribution in [3.63, 3.8) is 0 Å². The third-order valence-electron chi connectivity index (χ3n) is 6.63. The predicted octanol–water partition coefficient (Wildman–Crippen LogP) is 1.30. The van der Waals surface area contributed by atoms with E-state index in [0.29, 0.717) is 44.0 Å². The van der Waals surface area contributed by atoms with Gasteiger partial charge in [0, 0.05) is 32.0 Å². The molecule has 1 N–H and O–H groups in total. The van der Waals surface area contributed by atoms with Crippen molar-refractivity contribution in [1.29, 1.82) is 0 Å². The maximum atomic E-state index is 13.0. The average Bonchev–Trinajstić information content (AvgIpc) is 3.46. The van der Waals surface area contributed by atoms with Crippen molar-refractivity contribution in [3.8, 4) is 0 Å². The van der Waals surface area contributed by atoms with E-state index in [1.807, 2.05) is 4.90 Å². The molecule has 3 aliphatic heterocycles. The third-order valence-corrected chi connectivity index (χ3v) is 6.63. The van der Waals surface area contributed by atoms with Crippen LogP contribution in [0.4, 0.5) is 0 Å². The fourth-order valence-corrected chi connectivity index (χ4v) is 4.82. The highest BCUT2D eigenvalue weighted by Gasteiger charge is 2.38. The SMILES string of the molecule is O=C(C1CC1)N1CCc2nc([C@H]3CCCCN3C(=O)[C@@H]3CCCO3)[nH]c(=O)c2C1. The van der Waals surface area contributed by atoms with Crippen LogP contribution in [0.5, 0.6) is 0 Å². The topological polar surface area (TPSA) is 95.6 Å². The summed E-state index contributed by atoms with van der Waals surface area (Å²) in [6, 6.07) is -0.204. The summed E-state index contributed by atoms with van der Waals surface area (Å²) in [6.07, 6.45) is 6.61. The zero-order valence-corrected chi connectivity index (χ0v) is 16.7. The van der Waals surface area contributed by atoms with Gasteiger partial charge in [-0.1, -0.05) is 0 Å². The van der Waals surface area contributed by atoms with Crippen molar-refractivity contribution in [2.75, 3.05) is 19.7 Å². The zero-order chi connectivity index (χ0) is 20.0. The van der Waals surface area contributed by atoms with E-state index in [0.717, 1.165) is 50.6 Å². The molecule has 1 aliphatic carbocycles. The quantitative estimate of drug-likeness (QED) is 0.825. The number of amides is 2. The number of rotatable bonds is 3. The molecule has 29 heavy (non-hydrogen) atoms. The molecule has 0 unspecified atom stereocenters. The first kappa shape index (κ1) is 18.8. The summed E-state index contributed by atoms with van der Waals surface area (Å²) in [7, 11) is 0. The van der Waals surface area contributed by atoms with E-state index in [1.165, 1.54) is 0 Å². The molecule has 2 atom stereocenters. The summed E-state index contributed by atoms with van der Waals surface area (Å²) in [6.45, 7) is 2.27. The monoisotopic (exact) mass is 400 g/mol. The van der Waals surface area contributed by atoms with Crippen LogP contribution in [0, 0.1) is 5.92 Å². The summed E-state index contributed by atoms with van der Waals surface area (Å²) >= 11 is 0. The lowest BCUT2D eigenvalue weighted by atomic mass is 9.99. The Bertz CT molecular complexity index is 872. The number of nitrogens with one attached hydrogen (secondary N) is 1. The minimum Gasteiger partial charge on any atom is -0.368 e. The molecule has 4 aliphatic rings. The van der Waals surface area contributed by atoms with Gasteiger partial charge in [0.15, 0.2) is 0 Å². The minimum absolute atomic E-state index is 0.0220. The van der Waals surface area contributed by atoms with Crippen molar-refractivity contribution in [3.05, 3.63) is 27.4 Å². The standard InChI is InChI=1S/C21H28N4O4/c26-19-14-12-24(20(27)13-6-7-13)10-8-15(14)22-18(23-19)16-4-1-2-9-25(16)21(28)17-5-3-11-29-17/h13,16-17H,1-12H2,(H,22,23,26)/t16-,17+/m1/s1. The molecule has 4 heterocycles. The molecule has 2 amide bonds. The third kappa shape index (κ3) is 3.58. The predicted molar refractivity (Wildman–Crippen MR) is 104 cm³/mol. The van der Waals surface area contributed by atoms with E-state index in [-0.39, 0.29) is 35.4 Å². The normalized spacial score (nSPS) is 27.0. The summed E-state index contributed by atoms with van der Waals surface area (Å²) < 4.78 is 5.60. The van der Waals surface area contributed by atoms with Crippen molar-refractivity contribution in [2.45, 2.75) is 70.1 Å². The molecule has 0 aromatic carbocycles. The van der Waals surface area contributed by atoms with Crippen LogP contribution in [0.1, 0.15) is 68.1 Å². The van der Waals surface area contributed by atoms with E-state index in [9.17, 15) is 14.4 Å². The number of hydrogen-bond acceptors (Lipinski definition) is 5. The molecule has 156 valence electrons.